The Morgan fingerprint density at radius 2 is 1.70 bits per heavy atom. The van der Waals surface area contributed by atoms with Crippen LogP contribution in [0.1, 0.15) is 25.0 Å². The highest BCUT2D eigenvalue weighted by Gasteiger charge is 2.23. The molecule has 2 atom stereocenters. The summed E-state index contributed by atoms with van der Waals surface area (Å²) in [6.07, 6.45) is -1.09. The Kier molecular flexibility index (Phi) is 7.38. The normalized spacial score (nSPS) is 12.3. The highest BCUT2D eigenvalue weighted by atomic mass is 16.6. The zero-order valence-electron chi connectivity index (χ0n) is 15.3. The van der Waals surface area contributed by atoms with Crippen molar-refractivity contribution < 1.29 is 19.1 Å². The molecule has 2 aromatic carbocycles. The van der Waals surface area contributed by atoms with Gasteiger partial charge in [-0.15, -0.1) is 0 Å². The first-order valence-corrected chi connectivity index (χ1v) is 8.68. The number of hydrogen-bond acceptors (Lipinski definition) is 5. The van der Waals surface area contributed by atoms with Gasteiger partial charge in [0.1, 0.15) is 5.75 Å². The van der Waals surface area contributed by atoms with Crippen molar-refractivity contribution in [3.8, 4) is 11.8 Å². The fourth-order valence-corrected chi connectivity index (χ4v) is 2.30. The molecule has 2 aromatic rings. The van der Waals surface area contributed by atoms with Crippen molar-refractivity contribution in [2.24, 2.45) is 0 Å². The summed E-state index contributed by atoms with van der Waals surface area (Å²) >= 11 is 0. The molecule has 1 amide bonds. The number of benzene rings is 2. The number of hydrogen-bond donors (Lipinski definition) is 1. The van der Waals surface area contributed by atoms with E-state index in [-0.39, 0.29) is 5.91 Å². The number of nitrogens with zero attached hydrogens (tertiary/aromatic N) is 1. The summed E-state index contributed by atoms with van der Waals surface area (Å²) in [6, 6.07) is 18.2. The Bertz CT molecular complexity index is 797. The number of nitriles is 1. The van der Waals surface area contributed by atoms with Crippen molar-refractivity contribution >= 4 is 11.9 Å². The van der Waals surface area contributed by atoms with Crippen LogP contribution in [0.3, 0.4) is 0 Å². The van der Waals surface area contributed by atoms with Gasteiger partial charge in [0.15, 0.2) is 12.2 Å². The molecule has 0 aliphatic rings. The average Bonchev–Trinajstić information content (AvgIpc) is 2.69. The molecule has 2 rings (SSSR count). The van der Waals surface area contributed by atoms with Crippen LogP contribution in [0.5, 0.6) is 5.75 Å². The maximum Gasteiger partial charge on any atom is 0.347 e. The lowest BCUT2D eigenvalue weighted by atomic mass is 10.1. The molecule has 140 valence electrons. The van der Waals surface area contributed by atoms with Crippen molar-refractivity contribution in [2.75, 3.05) is 6.54 Å². The molecule has 0 saturated carbocycles. The molecule has 0 unspecified atom stereocenters. The molecular formula is C21H22N2O4. The average molecular weight is 366 g/mol. The van der Waals surface area contributed by atoms with Gasteiger partial charge in [-0.2, -0.15) is 5.26 Å². The van der Waals surface area contributed by atoms with E-state index in [9.17, 15) is 9.59 Å². The first-order chi connectivity index (χ1) is 13.0. The zero-order valence-corrected chi connectivity index (χ0v) is 15.3. The summed E-state index contributed by atoms with van der Waals surface area (Å²) in [7, 11) is 0. The van der Waals surface area contributed by atoms with Gasteiger partial charge in [0, 0.05) is 6.54 Å². The molecule has 0 spiro atoms. The lowest BCUT2D eigenvalue weighted by Gasteiger charge is -2.17. The maximum atomic E-state index is 12.1. The molecular weight excluding hydrogens is 344 g/mol. The molecule has 0 aromatic heterocycles. The topological polar surface area (TPSA) is 88.4 Å². The van der Waals surface area contributed by atoms with Crippen molar-refractivity contribution in [1.29, 1.82) is 5.26 Å². The van der Waals surface area contributed by atoms with E-state index < -0.39 is 18.2 Å². The summed E-state index contributed by atoms with van der Waals surface area (Å²) < 4.78 is 10.6. The molecule has 27 heavy (non-hydrogen) atoms. The van der Waals surface area contributed by atoms with E-state index in [1.54, 1.807) is 31.2 Å². The van der Waals surface area contributed by atoms with E-state index in [0.717, 1.165) is 5.56 Å². The van der Waals surface area contributed by atoms with Crippen LogP contribution >= 0.6 is 0 Å². The highest BCUT2D eigenvalue weighted by Crippen LogP contribution is 2.14. The lowest BCUT2D eigenvalue weighted by molar-refractivity contribution is -0.160. The van der Waals surface area contributed by atoms with Gasteiger partial charge in [0.25, 0.3) is 5.91 Å². The van der Waals surface area contributed by atoms with Gasteiger partial charge in [-0.05, 0) is 50.1 Å². The quantitative estimate of drug-likeness (QED) is 0.726. The summed E-state index contributed by atoms with van der Waals surface area (Å²) in [5.41, 5.74) is 1.62. The van der Waals surface area contributed by atoms with Crippen molar-refractivity contribution in [1.82, 2.24) is 5.32 Å². The van der Waals surface area contributed by atoms with Crippen LogP contribution in [0.2, 0.25) is 0 Å². The molecule has 0 aliphatic heterocycles. The first kappa shape index (κ1) is 20.0. The van der Waals surface area contributed by atoms with Gasteiger partial charge in [-0.25, -0.2) is 4.79 Å². The predicted molar refractivity (Wildman–Crippen MR) is 100.0 cm³/mol. The van der Waals surface area contributed by atoms with Gasteiger partial charge >= 0.3 is 5.97 Å². The Morgan fingerprint density at radius 1 is 1.04 bits per heavy atom. The van der Waals surface area contributed by atoms with E-state index in [4.69, 9.17) is 14.7 Å². The van der Waals surface area contributed by atoms with Gasteiger partial charge < -0.3 is 14.8 Å². The van der Waals surface area contributed by atoms with Crippen LogP contribution in [-0.4, -0.2) is 30.6 Å². The second-order valence-electron chi connectivity index (χ2n) is 6.00. The smallest absolute Gasteiger partial charge is 0.347 e. The Hall–Kier alpha value is -3.33. The third-order valence-corrected chi connectivity index (χ3v) is 3.85. The molecule has 0 aliphatic carbocycles. The molecule has 0 radical (unpaired) electrons. The summed E-state index contributed by atoms with van der Waals surface area (Å²) in [6.45, 7) is 3.52. The fourth-order valence-electron chi connectivity index (χ4n) is 2.30. The van der Waals surface area contributed by atoms with E-state index >= 15 is 0 Å². The minimum Gasteiger partial charge on any atom is -0.479 e. The van der Waals surface area contributed by atoms with E-state index in [1.165, 1.54) is 6.92 Å². The van der Waals surface area contributed by atoms with Crippen LogP contribution in [0.25, 0.3) is 0 Å². The second kappa shape index (κ2) is 9.97. The summed E-state index contributed by atoms with van der Waals surface area (Å²) in [5.74, 6) is -0.548. The first-order valence-electron chi connectivity index (χ1n) is 8.68. The van der Waals surface area contributed by atoms with Crippen LogP contribution in [-0.2, 0) is 20.7 Å². The molecule has 0 bridgehead atoms. The fraction of sp³-hybridized carbons (Fsp3) is 0.286. The van der Waals surface area contributed by atoms with Gasteiger partial charge in [-0.1, -0.05) is 30.3 Å². The highest BCUT2D eigenvalue weighted by molar-refractivity contribution is 5.84. The number of amides is 1. The predicted octanol–water partition coefficient (Wildman–Crippen LogP) is 2.62. The summed E-state index contributed by atoms with van der Waals surface area (Å²) in [4.78, 5) is 24.2. The molecule has 0 fully saturated rings. The molecule has 0 heterocycles. The largest absolute Gasteiger partial charge is 0.479 e. The molecule has 1 N–H and O–H groups in total. The Labute approximate surface area is 158 Å². The maximum absolute atomic E-state index is 12.1. The number of rotatable bonds is 8. The van der Waals surface area contributed by atoms with Crippen LogP contribution in [0.4, 0.5) is 0 Å². The second-order valence-corrected chi connectivity index (χ2v) is 6.00. The number of ether oxygens (including phenoxy) is 2. The number of nitrogens with one attached hydrogen (secondary N) is 1. The standard InChI is InChI=1S/C21H22N2O4/c1-15(20(24)23-13-12-17-6-4-3-5-7-17)27-21(25)16(2)26-19-10-8-18(14-22)9-11-19/h3-11,15-16H,12-13H2,1-2H3,(H,23,24)/t15-,16+/m0/s1. The van der Waals surface area contributed by atoms with Crippen LogP contribution in [0.15, 0.2) is 54.6 Å². The minimum atomic E-state index is -0.916. The Morgan fingerprint density at radius 3 is 2.33 bits per heavy atom. The SMILES string of the molecule is C[C@H](OC(=O)[C@@H](C)Oc1ccc(C#N)cc1)C(=O)NCCc1ccccc1. The zero-order chi connectivity index (χ0) is 19.6. The number of carbonyl (C=O) groups is 2. The van der Waals surface area contributed by atoms with E-state index in [2.05, 4.69) is 5.32 Å². The van der Waals surface area contributed by atoms with Crippen molar-refractivity contribution in [2.45, 2.75) is 32.5 Å². The lowest BCUT2D eigenvalue weighted by Crippen LogP contribution is -2.39. The van der Waals surface area contributed by atoms with Crippen LogP contribution < -0.4 is 10.1 Å². The van der Waals surface area contributed by atoms with E-state index in [1.807, 2.05) is 36.4 Å². The third kappa shape index (κ3) is 6.48. The van der Waals surface area contributed by atoms with Gasteiger partial charge in [-0.3, -0.25) is 4.79 Å². The third-order valence-electron chi connectivity index (χ3n) is 3.85. The molecule has 6 heteroatoms. The number of carbonyl (C=O) groups excluding carboxylic acids is 2. The monoisotopic (exact) mass is 366 g/mol. The molecule has 6 nitrogen and oxygen atoms in total. The minimum absolute atomic E-state index is 0.357. The molecule has 0 saturated heterocycles. The van der Waals surface area contributed by atoms with Crippen molar-refractivity contribution in [3.05, 3.63) is 65.7 Å². The van der Waals surface area contributed by atoms with E-state index in [0.29, 0.717) is 24.3 Å². The summed E-state index contributed by atoms with van der Waals surface area (Å²) in [5, 5.41) is 11.5. The van der Waals surface area contributed by atoms with Gasteiger partial charge in [0.05, 0.1) is 11.6 Å². The number of esters is 1. The van der Waals surface area contributed by atoms with Gasteiger partial charge in [0.2, 0.25) is 0 Å². The van der Waals surface area contributed by atoms with Crippen molar-refractivity contribution in [3.63, 3.8) is 0 Å². The van der Waals surface area contributed by atoms with Crippen LogP contribution in [0, 0.1) is 11.3 Å². The Balaban J connectivity index is 1.75.